The zero-order chi connectivity index (χ0) is 17.5. The molecule has 0 spiro atoms. The van der Waals surface area contributed by atoms with Gasteiger partial charge in [0.2, 0.25) is 5.91 Å². The van der Waals surface area contributed by atoms with E-state index in [9.17, 15) is 13.6 Å². The van der Waals surface area contributed by atoms with Crippen LogP contribution in [0.1, 0.15) is 6.92 Å². The standard InChI is InChI=1S/C16H15F2N3OS2/c1-10(22)19-11-2-4-12(5-3-11)20-16(23)21-13-6-8-14(9-7-13)24-15(17)18/h2-9,15H,1H3,(H,19,22)(H2,20,21,23). The Morgan fingerprint density at radius 2 is 1.33 bits per heavy atom. The lowest BCUT2D eigenvalue weighted by molar-refractivity contribution is -0.114. The third kappa shape index (κ3) is 6.13. The number of benzene rings is 2. The number of amides is 1. The van der Waals surface area contributed by atoms with E-state index in [1.807, 2.05) is 0 Å². The van der Waals surface area contributed by atoms with Crippen molar-refractivity contribution in [3.05, 3.63) is 48.5 Å². The normalized spacial score (nSPS) is 10.3. The summed E-state index contributed by atoms with van der Waals surface area (Å²) in [5.74, 6) is -2.58. The van der Waals surface area contributed by atoms with E-state index in [4.69, 9.17) is 12.2 Å². The first kappa shape index (κ1) is 18.2. The summed E-state index contributed by atoms with van der Waals surface area (Å²) in [5.41, 5.74) is 2.14. The van der Waals surface area contributed by atoms with Crippen LogP contribution >= 0.6 is 24.0 Å². The number of hydrogen-bond donors (Lipinski definition) is 3. The zero-order valence-corrected chi connectivity index (χ0v) is 14.3. The van der Waals surface area contributed by atoms with Gasteiger partial charge in [-0.25, -0.2) is 0 Å². The molecule has 0 heterocycles. The molecule has 0 unspecified atom stereocenters. The van der Waals surface area contributed by atoms with Crippen molar-refractivity contribution in [2.75, 3.05) is 16.0 Å². The molecule has 0 radical (unpaired) electrons. The van der Waals surface area contributed by atoms with Crippen molar-refractivity contribution in [3.63, 3.8) is 0 Å². The van der Waals surface area contributed by atoms with Gasteiger partial charge in [-0.1, -0.05) is 11.8 Å². The highest BCUT2D eigenvalue weighted by Gasteiger charge is 2.05. The largest absolute Gasteiger partial charge is 0.332 e. The van der Waals surface area contributed by atoms with Crippen molar-refractivity contribution in [1.82, 2.24) is 0 Å². The van der Waals surface area contributed by atoms with Gasteiger partial charge in [-0.05, 0) is 60.7 Å². The predicted octanol–water partition coefficient (Wildman–Crippen LogP) is 4.77. The number of carbonyl (C=O) groups is 1. The molecule has 2 aromatic rings. The molecule has 0 fully saturated rings. The molecule has 1 amide bonds. The Labute approximate surface area is 148 Å². The summed E-state index contributed by atoms with van der Waals surface area (Å²) in [6, 6.07) is 13.6. The van der Waals surface area contributed by atoms with Gasteiger partial charge in [0, 0.05) is 28.9 Å². The van der Waals surface area contributed by atoms with Crippen LogP contribution in [0.2, 0.25) is 0 Å². The lowest BCUT2D eigenvalue weighted by atomic mass is 10.3. The number of halogens is 2. The summed E-state index contributed by atoms with van der Waals surface area (Å²) >= 11 is 5.70. The SMILES string of the molecule is CC(=O)Nc1ccc(NC(=S)Nc2ccc(SC(F)F)cc2)cc1. The molecule has 0 aliphatic heterocycles. The van der Waals surface area contributed by atoms with Gasteiger partial charge in [-0.15, -0.1) is 0 Å². The Morgan fingerprint density at radius 3 is 1.75 bits per heavy atom. The second-order valence-electron chi connectivity index (χ2n) is 4.74. The minimum absolute atomic E-state index is 0.138. The first-order chi connectivity index (χ1) is 11.4. The van der Waals surface area contributed by atoms with Crippen molar-refractivity contribution >= 4 is 52.1 Å². The molecule has 4 nitrogen and oxygen atoms in total. The fraction of sp³-hybridized carbons (Fsp3) is 0.125. The van der Waals surface area contributed by atoms with Crippen LogP contribution in [-0.4, -0.2) is 16.8 Å². The number of nitrogens with one attached hydrogen (secondary N) is 3. The highest BCUT2D eigenvalue weighted by Crippen LogP contribution is 2.26. The van der Waals surface area contributed by atoms with Gasteiger partial charge in [0.25, 0.3) is 5.76 Å². The second kappa shape index (κ2) is 8.60. The summed E-state index contributed by atoms with van der Waals surface area (Å²) in [7, 11) is 0. The molecular weight excluding hydrogens is 352 g/mol. The van der Waals surface area contributed by atoms with Crippen LogP contribution in [0.4, 0.5) is 25.8 Å². The fourth-order valence-electron chi connectivity index (χ4n) is 1.85. The van der Waals surface area contributed by atoms with Gasteiger partial charge in [-0.3, -0.25) is 4.79 Å². The second-order valence-corrected chi connectivity index (χ2v) is 6.21. The van der Waals surface area contributed by atoms with Crippen LogP contribution < -0.4 is 16.0 Å². The highest BCUT2D eigenvalue weighted by molar-refractivity contribution is 7.99. The van der Waals surface area contributed by atoms with Gasteiger partial charge < -0.3 is 16.0 Å². The summed E-state index contributed by atoms with van der Waals surface area (Å²) in [4.78, 5) is 11.5. The van der Waals surface area contributed by atoms with Crippen molar-refractivity contribution in [2.45, 2.75) is 17.6 Å². The van der Waals surface area contributed by atoms with Crippen molar-refractivity contribution in [2.24, 2.45) is 0 Å². The molecule has 0 saturated carbocycles. The number of thiocarbonyl (C=S) groups is 1. The quantitative estimate of drug-likeness (QED) is 0.525. The summed E-state index contributed by atoms with van der Waals surface area (Å²) < 4.78 is 24.5. The van der Waals surface area contributed by atoms with E-state index in [2.05, 4.69) is 16.0 Å². The topological polar surface area (TPSA) is 53.2 Å². The maximum atomic E-state index is 12.3. The third-order valence-electron chi connectivity index (χ3n) is 2.80. The van der Waals surface area contributed by atoms with E-state index in [-0.39, 0.29) is 5.91 Å². The molecule has 2 aromatic carbocycles. The average Bonchev–Trinajstić information content (AvgIpc) is 2.50. The Bertz CT molecular complexity index is 706. The maximum Gasteiger partial charge on any atom is 0.288 e. The Hall–Kier alpha value is -2.19. The van der Waals surface area contributed by atoms with Gasteiger partial charge in [0.15, 0.2) is 5.11 Å². The average molecular weight is 367 g/mol. The zero-order valence-electron chi connectivity index (χ0n) is 12.7. The number of thioether (sulfide) groups is 1. The lowest BCUT2D eigenvalue weighted by Crippen LogP contribution is -2.19. The summed E-state index contributed by atoms with van der Waals surface area (Å²) in [5, 5.41) is 9.02. The summed E-state index contributed by atoms with van der Waals surface area (Å²) in [6.07, 6.45) is 0. The molecule has 0 bridgehead atoms. The third-order valence-corrected chi connectivity index (χ3v) is 3.73. The summed E-state index contributed by atoms with van der Waals surface area (Å²) in [6.45, 7) is 1.44. The van der Waals surface area contributed by atoms with Gasteiger partial charge >= 0.3 is 0 Å². The predicted molar refractivity (Wildman–Crippen MR) is 98.9 cm³/mol. The van der Waals surface area contributed by atoms with Crippen molar-refractivity contribution in [1.29, 1.82) is 0 Å². The Balaban J connectivity index is 1.89. The monoisotopic (exact) mass is 367 g/mol. The molecule has 0 aliphatic rings. The molecule has 3 N–H and O–H groups in total. The molecule has 24 heavy (non-hydrogen) atoms. The van der Waals surface area contributed by atoms with Crippen molar-refractivity contribution in [3.8, 4) is 0 Å². The van der Waals surface area contributed by atoms with E-state index in [1.54, 1.807) is 48.5 Å². The number of rotatable bonds is 5. The van der Waals surface area contributed by atoms with Gasteiger partial charge in [-0.2, -0.15) is 8.78 Å². The number of anilines is 3. The highest BCUT2D eigenvalue weighted by atomic mass is 32.2. The molecule has 0 atom stereocenters. The number of hydrogen-bond acceptors (Lipinski definition) is 3. The Kier molecular flexibility index (Phi) is 6.51. The van der Waals surface area contributed by atoms with Crippen LogP contribution in [0.25, 0.3) is 0 Å². The number of carbonyl (C=O) groups excluding carboxylic acids is 1. The first-order valence-corrected chi connectivity index (χ1v) is 8.22. The lowest BCUT2D eigenvalue weighted by Gasteiger charge is -2.11. The molecule has 8 heteroatoms. The minimum atomic E-state index is -2.44. The fourth-order valence-corrected chi connectivity index (χ4v) is 2.59. The van der Waals surface area contributed by atoms with Crippen LogP contribution in [-0.2, 0) is 4.79 Å². The Morgan fingerprint density at radius 1 is 0.917 bits per heavy atom. The van der Waals surface area contributed by atoms with E-state index < -0.39 is 5.76 Å². The molecule has 0 aliphatic carbocycles. The molecule has 2 rings (SSSR count). The van der Waals surface area contributed by atoms with Crippen molar-refractivity contribution < 1.29 is 13.6 Å². The van der Waals surface area contributed by atoms with E-state index >= 15 is 0 Å². The maximum absolute atomic E-state index is 12.3. The molecule has 0 aromatic heterocycles. The van der Waals surface area contributed by atoms with E-state index in [0.717, 1.165) is 5.69 Å². The van der Waals surface area contributed by atoms with Crippen LogP contribution in [0.15, 0.2) is 53.4 Å². The van der Waals surface area contributed by atoms with Crippen LogP contribution in [0.5, 0.6) is 0 Å². The smallest absolute Gasteiger partial charge is 0.288 e. The number of alkyl halides is 2. The molecule has 126 valence electrons. The van der Waals surface area contributed by atoms with Crippen LogP contribution in [0.3, 0.4) is 0 Å². The first-order valence-electron chi connectivity index (χ1n) is 6.93. The van der Waals surface area contributed by atoms with E-state index in [1.165, 1.54) is 6.92 Å². The molecule has 0 saturated heterocycles. The molecular formula is C16H15F2N3OS2. The van der Waals surface area contributed by atoms with Gasteiger partial charge in [0.1, 0.15) is 0 Å². The van der Waals surface area contributed by atoms with Crippen LogP contribution in [0, 0.1) is 0 Å². The van der Waals surface area contributed by atoms with Gasteiger partial charge in [0.05, 0.1) is 0 Å². The minimum Gasteiger partial charge on any atom is -0.332 e. The van der Waals surface area contributed by atoms with E-state index in [0.29, 0.717) is 33.1 Å².